The van der Waals surface area contributed by atoms with Crippen molar-refractivity contribution in [2.24, 2.45) is 5.92 Å². The van der Waals surface area contributed by atoms with E-state index in [4.69, 9.17) is 9.84 Å². The molecule has 1 aliphatic rings. The molecule has 21 heavy (non-hydrogen) atoms. The highest BCUT2D eigenvalue weighted by molar-refractivity contribution is 5.84. The van der Waals surface area contributed by atoms with Gasteiger partial charge in [0, 0.05) is 26.7 Å². The number of carbonyl (C=O) groups is 3. The second-order valence-electron chi connectivity index (χ2n) is 5.19. The van der Waals surface area contributed by atoms with Crippen LogP contribution in [-0.2, 0) is 14.3 Å². The van der Waals surface area contributed by atoms with Crippen molar-refractivity contribution in [1.29, 1.82) is 0 Å². The van der Waals surface area contributed by atoms with Crippen molar-refractivity contribution in [2.45, 2.75) is 25.3 Å². The van der Waals surface area contributed by atoms with Gasteiger partial charge in [-0.3, -0.25) is 9.59 Å². The number of urea groups is 1. The van der Waals surface area contributed by atoms with Crippen LogP contribution in [-0.4, -0.2) is 67.8 Å². The number of amides is 3. The Morgan fingerprint density at radius 1 is 1.33 bits per heavy atom. The van der Waals surface area contributed by atoms with E-state index in [2.05, 4.69) is 10.6 Å². The van der Waals surface area contributed by atoms with Gasteiger partial charge in [0.1, 0.15) is 6.54 Å². The van der Waals surface area contributed by atoms with Crippen LogP contribution < -0.4 is 10.6 Å². The standard InChI is InChI=1S/C13H23N3O5/c1-16(8-11(17)14-5-6-21-2)13(20)15-10-4-3-9(7-10)12(18)19/h9-10H,3-8H2,1-2H3,(H,14,17)(H,15,20)(H,18,19). The van der Waals surface area contributed by atoms with E-state index in [1.807, 2.05) is 0 Å². The van der Waals surface area contributed by atoms with Gasteiger partial charge in [-0.25, -0.2) is 4.79 Å². The molecule has 0 heterocycles. The van der Waals surface area contributed by atoms with Crippen molar-refractivity contribution in [3.8, 4) is 0 Å². The van der Waals surface area contributed by atoms with Gasteiger partial charge in [-0.1, -0.05) is 0 Å². The van der Waals surface area contributed by atoms with Gasteiger partial charge in [0.2, 0.25) is 5.91 Å². The minimum Gasteiger partial charge on any atom is -0.481 e. The highest BCUT2D eigenvalue weighted by Crippen LogP contribution is 2.25. The Morgan fingerprint density at radius 2 is 2.05 bits per heavy atom. The van der Waals surface area contributed by atoms with Crippen LogP contribution in [0.25, 0.3) is 0 Å². The Bertz CT molecular complexity index is 388. The molecule has 0 bridgehead atoms. The van der Waals surface area contributed by atoms with Gasteiger partial charge in [-0.2, -0.15) is 0 Å². The third kappa shape index (κ3) is 5.99. The van der Waals surface area contributed by atoms with Crippen molar-refractivity contribution >= 4 is 17.9 Å². The van der Waals surface area contributed by atoms with Crippen molar-refractivity contribution in [2.75, 3.05) is 33.9 Å². The van der Waals surface area contributed by atoms with Crippen LogP contribution in [0, 0.1) is 5.92 Å². The second kappa shape index (κ2) is 8.46. The van der Waals surface area contributed by atoms with E-state index in [0.717, 1.165) is 0 Å². The van der Waals surface area contributed by atoms with Crippen molar-refractivity contribution in [3.05, 3.63) is 0 Å². The normalized spacial score (nSPS) is 20.9. The van der Waals surface area contributed by atoms with E-state index < -0.39 is 11.9 Å². The molecule has 1 fully saturated rings. The predicted octanol–water partition coefficient (Wildman–Crippen LogP) is -0.356. The SMILES string of the molecule is COCCNC(=O)CN(C)C(=O)NC1CCC(C(=O)O)C1. The third-order valence-electron chi connectivity index (χ3n) is 3.47. The average molecular weight is 301 g/mol. The van der Waals surface area contributed by atoms with Crippen LogP contribution in [0.4, 0.5) is 4.79 Å². The van der Waals surface area contributed by atoms with E-state index in [1.165, 1.54) is 19.1 Å². The maximum absolute atomic E-state index is 11.9. The lowest BCUT2D eigenvalue weighted by molar-refractivity contribution is -0.141. The van der Waals surface area contributed by atoms with Gasteiger partial charge < -0.3 is 25.4 Å². The van der Waals surface area contributed by atoms with Gasteiger partial charge in [0.15, 0.2) is 0 Å². The number of carboxylic acids is 1. The molecule has 2 unspecified atom stereocenters. The first-order chi connectivity index (χ1) is 9.93. The van der Waals surface area contributed by atoms with E-state index in [1.54, 1.807) is 0 Å². The first-order valence-electron chi connectivity index (χ1n) is 6.94. The number of methoxy groups -OCH3 is 1. The molecule has 0 aliphatic heterocycles. The molecule has 3 N–H and O–H groups in total. The average Bonchev–Trinajstić information content (AvgIpc) is 2.87. The minimum absolute atomic E-state index is 0.0510. The maximum Gasteiger partial charge on any atom is 0.317 e. The summed E-state index contributed by atoms with van der Waals surface area (Å²) in [6, 6.07) is -0.509. The molecule has 8 nitrogen and oxygen atoms in total. The van der Waals surface area contributed by atoms with E-state index >= 15 is 0 Å². The number of rotatable bonds is 7. The summed E-state index contributed by atoms with van der Waals surface area (Å²) < 4.78 is 4.81. The third-order valence-corrected chi connectivity index (χ3v) is 3.47. The molecule has 120 valence electrons. The van der Waals surface area contributed by atoms with E-state index in [0.29, 0.717) is 32.4 Å². The monoisotopic (exact) mass is 301 g/mol. The molecule has 0 aromatic carbocycles. The molecule has 0 aromatic rings. The largest absolute Gasteiger partial charge is 0.481 e. The molecule has 1 rings (SSSR count). The fourth-order valence-electron chi connectivity index (χ4n) is 2.26. The Kier molecular flexibility index (Phi) is 6.93. The Balaban J connectivity index is 2.28. The maximum atomic E-state index is 11.9. The molecular weight excluding hydrogens is 278 g/mol. The summed E-state index contributed by atoms with van der Waals surface area (Å²) in [5, 5.41) is 14.3. The molecule has 1 saturated carbocycles. The van der Waals surface area contributed by atoms with E-state index in [-0.39, 0.29) is 24.5 Å². The van der Waals surface area contributed by atoms with Crippen molar-refractivity contribution < 1.29 is 24.2 Å². The quantitative estimate of drug-likeness (QED) is 0.557. The summed E-state index contributed by atoms with van der Waals surface area (Å²) in [7, 11) is 3.06. The summed E-state index contributed by atoms with van der Waals surface area (Å²) in [4.78, 5) is 35.6. The molecule has 0 saturated heterocycles. The van der Waals surface area contributed by atoms with Crippen LogP contribution >= 0.6 is 0 Å². The zero-order chi connectivity index (χ0) is 15.8. The number of ether oxygens (including phenoxy) is 1. The lowest BCUT2D eigenvalue weighted by Crippen LogP contribution is -2.46. The molecule has 8 heteroatoms. The molecule has 0 aromatic heterocycles. The van der Waals surface area contributed by atoms with Crippen LogP contribution in [0.3, 0.4) is 0 Å². The zero-order valence-corrected chi connectivity index (χ0v) is 12.4. The topological polar surface area (TPSA) is 108 Å². The van der Waals surface area contributed by atoms with Crippen LogP contribution in [0.2, 0.25) is 0 Å². The summed E-state index contributed by atoms with van der Waals surface area (Å²) in [5.41, 5.74) is 0. The molecule has 1 aliphatic carbocycles. The number of aliphatic carboxylic acids is 1. The molecule has 2 atom stereocenters. The number of carbonyl (C=O) groups excluding carboxylic acids is 2. The number of nitrogens with zero attached hydrogens (tertiary/aromatic N) is 1. The smallest absolute Gasteiger partial charge is 0.317 e. The fraction of sp³-hybridized carbons (Fsp3) is 0.769. The van der Waals surface area contributed by atoms with Gasteiger partial charge in [-0.15, -0.1) is 0 Å². The van der Waals surface area contributed by atoms with Crippen molar-refractivity contribution in [1.82, 2.24) is 15.5 Å². The number of hydrogen-bond acceptors (Lipinski definition) is 4. The summed E-state index contributed by atoms with van der Waals surface area (Å²) in [6.45, 7) is 0.763. The first-order valence-corrected chi connectivity index (χ1v) is 6.94. The van der Waals surface area contributed by atoms with Crippen LogP contribution in [0.1, 0.15) is 19.3 Å². The fourth-order valence-corrected chi connectivity index (χ4v) is 2.26. The lowest BCUT2D eigenvalue weighted by atomic mass is 10.1. The summed E-state index contributed by atoms with van der Waals surface area (Å²) in [5.74, 6) is -1.48. The lowest BCUT2D eigenvalue weighted by Gasteiger charge is -2.20. The molecule has 0 spiro atoms. The number of nitrogens with one attached hydrogen (secondary N) is 2. The Morgan fingerprint density at radius 3 is 2.62 bits per heavy atom. The van der Waals surface area contributed by atoms with E-state index in [9.17, 15) is 14.4 Å². The number of likely N-dealkylation sites (N-methyl/N-ethyl adjacent to an activating group) is 1. The minimum atomic E-state index is -0.822. The van der Waals surface area contributed by atoms with Gasteiger partial charge in [0.25, 0.3) is 0 Å². The number of carboxylic acid groups (broad SMARTS) is 1. The second-order valence-corrected chi connectivity index (χ2v) is 5.19. The van der Waals surface area contributed by atoms with Crippen molar-refractivity contribution in [3.63, 3.8) is 0 Å². The highest BCUT2D eigenvalue weighted by Gasteiger charge is 2.31. The number of hydrogen-bond donors (Lipinski definition) is 3. The molecule has 0 radical (unpaired) electrons. The van der Waals surface area contributed by atoms with Crippen LogP contribution in [0.15, 0.2) is 0 Å². The zero-order valence-electron chi connectivity index (χ0n) is 12.4. The predicted molar refractivity (Wildman–Crippen MR) is 74.8 cm³/mol. The first kappa shape index (κ1) is 17.2. The Labute approximate surface area is 123 Å². The van der Waals surface area contributed by atoms with Gasteiger partial charge >= 0.3 is 12.0 Å². The van der Waals surface area contributed by atoms with Gasteiger partial charge in [-0.05, 0) is 19.3 Å². The Hall–Kier alpha value is -1.83. The molecule has 3 amide bonds. The van der Waals surface area contributed by atoms with Crippen LogP contribution in [0.5, 0.6) is 0 Å². The summed E-state index contributed by atoms with van der Waals surface area (Å²) >= 11 is 0. The highest BCUT2D eigenvalue weighted by atomic mass is 16.5. The summed E-state index contributed by atoms with van der Waals surface area (Å²) in [6.07, 6.45) is 1.66. The molecular formula is C13H23N3O5. The van der Waals surface area contributed by atoms with Gasteiger partial charge in [0.05, 0.1) is 12.5 Å².